The average molecular weight is 632 g/mol. The smallest absolute Gasteiger partial charge is 0.255 e. The van der Waals surface area contributed by atoms with E-state index in [1.807, 2.05) is 35.2 Å². The van der Waals surface area contributed by atoms with Gasteiger partial charge in [0, 0.05) is 71.8 Å². The van der Waals surface area contributed by atoms with Crippen molar-refractivity contribution in [3.63, 3.8) is 0 Å². The first-order chi connectivity index (χ1) is 22.5. The molecule has 1 aromatic heterocycles. The number of benzene rings is 4. The van der Waals surface area contributed by atoms with Crippen molar-refractivity contribution in [1.29, 1.82) is 0 Å². The number of carbonyl (C=O) groups is 1. The Kier molecular flexibility index (Phi) is 7.68. The lowest BCUT2D eigenvalue weighted by Crippen LogP contribution is -2.52. The van der Waals surface area contributed by atoms with Crippen LogP contribution in [0.1, 0.15) is 46.1 Å². The van der Waals surface area contributed by atoms with Crippen molar-refractivity contribution in [3.8, 4) is 16.9 Å². The third kappa shape index (κ3) is 5.42. The molecule has 8 rings (SSSR count). The highest BCUT2D eigenvalue weighted by molar-refractivity contribution is 6.30. The van der Waals surface area contributed by atoms with Crippen LogP contribution < -0.4 is 10.2 Å². The summed E-state index contributed by atoms with van der Waals surface area (Å²) in [6, 6.07) is 30.2. The Hall–Kier alpha value is -4.30. The summed E-state index contributed by atoms with van der Waals surface area (Å²) in [5.41, 5.74) is 7.41. The number of fused-ring (bicyclic) bond motifs is 2. The first kappa shape index (κ1) is 29.1. The number of phenols is 1. The number of halogens is 1. The van der Waals surface area contributed by atoms with Gasteiger partial charge in [-0.2, -0.15) is 0 Å². The minimum absolute atomic E-state index is 0.0666. The Morgan fingerprint density at radius 3 is 2.37 bits per heavy atom. The molecule has 7 nitrogen and oxygen atoms in total. The zero-order valence-corrected chi connectivity index (χ0v) is 26.5. The summed E-state index contributed by atoms with van der Waals surface area (Å²) in [7, 11) is 0. The standard InChI is InChI=1S/C38H38ClN5O2/c39-29-9-12-36(45)33(23-29)37(35-22-27-3-1-2-4-34(27)41-35)44-24-28-6-5-26(21-32(28)38(44)46)25-7-10-30(11-8-25)42-17-19-43(20-18-42)31-13-15-40-16-14-31/h1-12,21-23,31,37,40-41,45H,13-20,24H2. The van der Waals surface area contributed by atoms with Gasteiger partial charge in [0.25, 0.3) is 5.91 Å². The highest BCUT2D eigenvalue weighted by atomic mass is 35.5. The zero-order chi connectivity index (χ0) is 31.2. The maximum Gasteiger partial charge on any atom is 0.255 e. The number of hydrogen-bond acceptors (Lipinski definition) is 5. The van der Waals surface area contributed by atoms with Crippen molar-refractivity contribution in [1.82, 2.24) is 20.1 Å². The number of H-pyrrole nitrogens is 1. The average Bonchev–Trinajstić information content (AvgIpc) is 3.67. The number of amides is 1. The van der Waals surface area contributed by atoms with E-state index in [-0.39, 0.29) is 11.7 Å². The van der Waals surface area contributed by atoms with E-state index < -0.39 is 6.04 Å². The van der Waals surface area contributed by atoms with E-state index in [4.69, 9.17) is 11.6 Å². The van der Waals surface area contributed by atoms with Crippen molar-refractivity contribution in [2.24, 2.45) is 0 Å². The fourth-order valence-electron chi connectivity index (χ4n) is 7.58. The fraction of sp³-hybridized carbons (Fsp3) is 0.289. The van der Waals surface area contributed by atoms with Gasteiger partial charge in [0.15, 0.2) is 0 Å². The van der Waals surface area contributed by atoms with Crippen molar-refractivity contribution < 1.29 is 9.90 Å². The molecule has 234 valence electrons. The third-order valence-electron chi connectivity index (χ3n) is 10.1. The van der Waals surface area contributed by atoms with Gasteiger partial charge < -0.3 is 25.2 Å². The second-order valence-corrected chi connectivity index (χ2v) is 13.2. The normalized spacial score (nSPS) is 18.3. The van der Waals surface area contributed by atoms with Gasteiger partial charge in [0.2, 0.25) is 0 Å². The van der Waals surface area contributed by atoms with E-state index in [2.05, 4.69) is 62.6 Å². The number of hydrogen-bond donors (Lipinski definition) is 3. The van der Waals surface area contributed by atoms with Crippen LogP contribution in [0, 0.1) is 0 Å². The maximum absolute atomic E-state index is 14.2. The molecule has 5 aromatic rings. The third-order valence-corrected chi connectivity index (χ3v) is 10.3. The molecule has 2 saturated heterocycles. The van der Waals surface area contributed by atoms with Crippen LogP contribution in [-0.4, -0.2) is 71.1 Å². The van der Waals surface area contributed by atoms with Crippen LogP contribution in [0.4, 0.5) is 5.69 Å². The number of nitrogens with one attached hydrogen (secondary N) is 2. The highest BCUT2D eigenvalue weighted by Gasteiger charge is 2.37. The SMILES string of the molecule is O=C1c2cc(-c3ccc(N4CCN(C5CCNCC5)CC4)cc3)ccc2CN1C(c1cc2ccccc2[nH]1)c1cc(Cl)ccc1O. The number of phenolic OH excluding ortho intramolecular Hbond substituents is 1. The number of aromatic hydroxyl groups is 1. The molecule has 8 heteroatoms. The van der Waals surface area contributed by atoms with E-state index in [1.54, 1.807) is 18.2 Å². The van der Waals surface area contributed by atoms with Crippen LogP contribution in [0.15, 0.2) is 91.0 Å². The lowest BCUT2D eigenvalue weighted by atomic mass is 9.99. The number of nitrogens with zero attached hydrogens (tertiary/aromatic N) is 3. The molecular weight excluding hydrogens is 594 g/mol. The number of aromatic nitrogens is 1. The summed E-state index contributed by atoms with van der Waals surface area (Å²) in [6.07, 6.45) is 2.50. The molecule has 0 bridgehead atoms. The molecule has 1 atom stereocenters. The first-order valence-electron chi connectivity index (χ1n) is 16.3. The van der Waals surface area contributed by atoms with E-state index in [0.29, 0.717) is 22.7 Å². The van der Waals surface area contributed by atoms with E-state index in [0.717, 1.165) is 78.6 Å². The second-order valence-electron chi connectivity index (χ2n) is 12.8. The molecule has 0 radical (unpaired) electrons. The molecule has 0 spiro atoms. The van der Waals surface area contributed by atoms with Crippen LogP contribution in [0.2, 0.25) is 5.02 Å². The Bertz CT molecular complexity index is 1860. The van der Waals surface area contributed by atoms with Gasteiger partial charge in [0.05, 0.1) is 0 Å². The van der Waals surface area contributed by atoms with Gasteiger partial charge in [-0.1, -0.05) is 54.1 Å². The molecule has 46 heavy (non-hydrogen) atoms. The van der Waals surface area contributed by atoms with Gasteiger partial charge in [-0.3, -0.25) is 9.69 Å². The van der Waals surface area contributed by atoms with Crippen molar-refractivity contribution in [2.75, 3.05) is 44.2 Å². The van der Waals surface area contributed by atoms with Gasteiger partial charge >= 0.3 is 0 Å². The van der Waals surface area contributed by atoms with Crippen LogP contribution in [0.25, 0.3) is 22.0 Å². The van der Waals surface area contributed by atoms with Gasteiger partial charge in [-0.25, -0.2) is 0 Å². The Labute approximate surface area is 274 Å². The van der Waals surface area contributed by atoms with Crippen molar-refractivity contribution in [3.05, 3.63) is 118 Å². The molecule has 1 amide bonds. The maximum atomic E-state index is 14.2. The molecule has 0 aliphatic carbocycles. The number of rotatable bonds is 6. The molecule has 0 saturated carbocycles. The molecule has 3 aliphatic rings. The topological polar surface area (TPSA) is 74.8 Å². The van der Waals surface area contributed by atoms with E-state index in [1.165, 1.54) is 18.5 Å². The van der Waals surface area contributed by atoms with E-state index in [9.17, 15) is 9.90 Å². The number of piperidine rings is 1. The first-order valence-corrected chi connectivity index (χ1v) is 16.7. The summed E-state index contributed by atoms with van der Waals surface area (Å²) in [4.78, 5) is 24.7. The minimum atomic E-state index is -0.538. The summed E-state index contributed by atoms with van der Waals surface area (Å²) in [5, 5.41) is 16.0. The van der Waals surface area contributed by atoms with Crippen molar-refractivity contribution in [2.45, 2.75) is 31.5 Å². The van der Waals surface area contributed by atoms with Crippen LogP contribution in [-0.2, 0) is 6.54 Å². The molecule has 1 unspecified atom stereocenters. The second kappa shape index (κ2) is 12.1. The number of para-hydroxylation sites is 1. The minimum Gasteiger partial charge on any atom is -0.508 e. The van der Waals surface area contributed by atoms with Crippen molar-refractivity contribution >= 4 is 34.1 Å². The van der Waals surface area contributed by atoms with Gasteiger partial charge in [-0.05, 0) is 96.5 Å². The largest absolute Gasteiger partial charge is 0.508 e. The van der Waals surface area contributed by atoms with Crippen LogP contribution in [0.3, 0.4) is 0 Å². The van der Waals surface area contributed by atoms with E-state index >= 15 is 0 Å². The molecule has 3 N–H and O–H groups in total. The molecule has 4 aromatic carbocycles. The molecule has 4 heterocycles. The lowest BCUT2D eigenvalue weighted by molar-refractivity contribution is 0.0727. The monoisotopic (exact) mass is 631 g/mol. The Balaban J connectivity index is 1.03. The summed E-state index contributed by atoms with van der Waals surface area (Å²) in [6.45, 7) is 7.02. The number of carbonyl (C=O) groups excluding carboxylic acids is 1. The van der Waals surface area contributed by atoms with Gasteiger partial charge in [-0.15, -0.1) is 0 Å². The molecular formula is C38H38ClN5O2. The highest BCUT2D eigenvalue weighted by Crippen LogP contribution is 2.41. The number of piperazine rings is 1. The quantitative estimate of drug-likeness (QED) is 0.192. The number of aromatic amines is 1. The lowest BCUT2D eigenvalue weighted by Gasteiger charge is -2.41. The van der Waals surface area contributed by atoms with Gasteiger partial charge in [0.1, 0.15) is 11.8 Å². The Morgan fingerprint density at radius 1 is 0.826 bits per heavy atom. The predicted octanol–water partition coefficient (Wildman–Crippen LogP) is 6.81. The molecule has 3 aliphatic heterocycles. The Morgan fingerprint density at radius 2 is 1.59 bits per heavy atom. The summed E-state index contributed by atoms with van der Waals surface area (Å²) in [5.74, 6) is 0.0356. The molecule has 2 fully saturated rings. The summed E-state index contributed by atoms with van der Waals surface area (Å²) < 4.78 is 0. The number of anilines is 1. The van der Waals surface area contributed by atoms with Crippen LogP contribution >= 0.6 is 11.6 Å². The fourth-order valence-corrected chi connectivity index (χ4v) is 7.76. The zero-order valence-electron chi connectivity index (χ0n) is 25.8. The predicted molar refractivity (Wildman–Crippen MR) is 185 cm³/mol. The van der Waals surface area contributed by atoms with Crippen LogP contribution in [0.5, 0.6) is 5.75 Å². The summed E-state index contributed by atoms with van der Waals surface area (Å²) >= 11 is 6.42.